The third kappa shape index (κ3) is 4.89. The molecule has 0 aliphatic carbocycles. The van der Waals surface area contributed by atoms with E-state index in [1.807, 2.05) is 39.0 Å². The Labute approximate surface area is 126 Å². The molecule has 0 bridgehead atoms. The van der Waals surface area contributed by atoms with E-state index in [9.17, 15) is 4.79 Å². The van der Waals surface area contributed by atoms with Crippen LogP contribution in [0.1, 0.15) is 35.3 Å². The molecule has 0 aliphatic heterocycles. The lowest BCUT2D eigenvalue weighted by Crippen LogP contribution is -2.39. The molecule has 1 aromatic rings. The van der Waals surface area contributed by atoms with E-state index in [1.54, 1.807) is 12.0 Å². The number of ether oxygens (including phenoxy) is 1. The number of amides is 1. The number of carbonyl (C=O) groups is 1. The van der Waals surface area contributed by atoms with Crippen molar-refractivity contribution in [2.24, 2.45) is 0 Å². The summed E-state index contributed by atoms with van der Waals surface area (Å²) in [6, 6.07) is 5.64. The minimum atomic E-state index is -0.223. The zero-order valence-corrected chi connectivity index (χ0v) is 13.1. The summed E-state index contributed by atoms with van der Waals surface area (Å²) in [5.41, 5.74) is 2.21. The maximum Gasteiger partial charge on any atom is 0.255 e. The van der Waals surface area contributed by atoms with Crippen molar-refractivity contribution in [1.82, 2.24) is 4.90 Å². The molecular formula is C17H23NO3. The SMILES string of the molecule is COCCN(C(=O)c1cc(C)ccc1C#CCO)C(C)C. The molecule has 0 saturated carbocycles. The number of rotatable bonds is 5. The fraction of sp³-hybridized carbons (Fsp3) is 0.471. The highest BCUT2D eigenvalue weighted by molar-refractivity contribution is 5.97. The van der Waals surface area contributed by atoms with Crippen molar-refractivity contribution in [2.75, 3.05) is 26.9 Å². The third-order valence-electron chi connectivity index (χ3n) is 3.13. The first-order valence-corrected chi connectivity index (χ1v) is 7.01. The number of hydrogen-bond donors (Lipinski definition) is 1. The molecule has 0 atom stereocenters. The van der Waals surface area contributed by atoms with Gasteiger partial charge in [-0.25, -0.2) is 0 Å². The van der Waals surface area contributed by atoms with E-state index in [1.165, 1.54) is 0 Å². The van der Waals surface area contributed by atoms with Crippen molar-refractivity contribution < 1.29 is 14.6 Å². The van der Waals surface area contributed by atoms with Crippen molar-refractivity contribution in [3.05, 3.63) is 34.9 Å². The number of carbonyl (C=O) groups excluding carboxylic acids is 1. The summed E-state index contributed by atoms with van der Waals surface area (Å²) in [6.45, 7) is 6.69. The van der Waals surface area contributed by atoms with E-state index >= 15 is 0 Å². The van der Waals surface area contributed by atoms with Gasteiger partial charge in [0.05, 0.1) is 12.2 Å². The van der Waals surface area contributed by atoms with E-state index in [2.05, 4.69) is 11.8 Å². The first kappa shape index (κ1) is 17.2. The number of hydrogen-bond acceptors (Lipinski definition) is 3. The van der Waals surface area contributed by atoms with Crippen LogP contribution in [0.5, 0.6) is 0 Å². The Morgan fingerprint density at radius 1 is 1.43 bits per heavy atom. The van der Waals surface area contributed by atoms with Gasteiger partial charge >= 0.3 is 0 Å². The Bertz CT molecular complexity index is 541. The molecule has 1 N–H and O–H groups in total. The molecule has 4 heteroatoms. The van der Waals surface area contributed by atoms with Crippen LogP contribution in [-0.4, -0.2) is 48.8 Å². The number of methoxy groups -OCH3 is 1. The van der Waals surface area contributed by atoms with E-state index in [-0.39, 0.29) is 18.6 Å². The largest absolute Gasteiger partial charge is 0.384 e. The van der Waals surface area contributed by atoms with Gasteiger partial charge in [-0.2, -0.15) is 0 Å². The van der Waals surface area contributed by atoms with Gasteiger partial charge in [-0.15, -0.1) is 0 Å². The molecular weight excluding hydrogens is 266 g/mol. The summed E-state index contributed by atoms with van der Waals surface area (Å²) < 4.78 is 5.07. The summed E-state index contributed by atoms with van der Waals surface area (Å²) in [5, 5.41) is 8.84. The first-order valence-electron chi connectivity index (χ1n) is 7.01. The van der Waals surface area contributed by atoms with Gasteiger partial charge in [-0.05, 0) is 32.9 Å². The lowest BCUT2D eigenvalue weighted by atomic mass is 10.0. The Morgan fingerprint density at radius 3 is 2.71 bits per heavy atom. The van der Waals surface area contributed by atoms with Crippen LogP contribution in [0.25, 0.3) is 0 Å². The van der Waals surface area contributed by atoms with E-state index in [0.29, 0.717) is 24.3 Å². The topological polar surface area (TPSA) is 49.8 Å². The molecule has 0 aliphatic rings. The lowest BCUT2D eigenvalue weighted by Gasteiger charge is -2.27. The molecule has 114 valence electrons. The number of aliphatic hydroxyl groups is 1. The lowest BCUT2D eigenvalue weighted by molar-refractivity contribution is 0.0634. The maximum atomic E-state index is 12.8. The summed E-state index contributed by atoms with van der Waals surface area (Å²) in [7, 11) is 1.62. The van der Waals surface area contributed by atoms with Gasteiger partial charge < -0.3 is 14.7 Å². The van der Waals surface area contributed by atoms with Crippen LogP contribution in [0.15, 0.2) is 18.2 Å². The molecule has 0 spiro atoms. The number of nitrogens with zero attached hydrogens (tertiary/aromatic N) is 1. The normalized spacial score (nSPS) is 10.2. The van der Waals surface area contributed by atoms with Crippen LogP contribution in [0.4, 0.5) is 0 Å². The average molecular weight is 289 g/mol. The molecule has 4 nitrogen and oxygen atoms in total. The van der Waals surface area contributed by atoms with Crippen LogP contribution < -0.4 is 0 Å². The number of aryl methyl sites for hydroxylation is 1. The summed E-state index contributed by atoms with van der Waals surface area (Å²) in [6.07, 6.45) is 0. The average Bonchev–Trinajstić information content (AvgIpc) is 2.45. The van der Waals surface area contributed by atoms with Crippen molar-refractivity contribution in [1.29, 1.82) is 0 Å². The zero-order chi connectivity index (χ0) is 15.8. The quantitative estimate of drug-likeness (QED) is 0.841. The Morgan fingerprint density at radius 2 is 2.14 bits per heavy atom. The predicted octanol–water partition coefficient (Wildman–Crippen LogP) is 1.84. The smallest absolute Gasteiger partial charge is 0.255 e. The second kappa shape index (κ2) is 8.46. The van der Waals surface area contributed by atoms with E-state index in [4.69, 9.17) is 9.84 Å². The second-order valence-corrected chi connectivity index (χ2v) is 5.09. The molecule has 1 amide bonds. The molecule has 1 rings (SSSR count). The van der Waals surface area contributed by atoms with Gasteiger partial charge in [0, 0.05) is 25.3 Å². The zero-order valence-electron chi connectivity index (χ0n) is 13.1. The van der Waals surface area contributed by atoms with Crippen LogP contribution in [0.3, 0.4) is 0 Å². The minimum absolute atomic E-state index is 0.0620. The molecule has 0 fully saturated rings. The van der Waals surface area contributed by atoms with Crippen molar-refractivity contribution in [3.8, 4) is 11.8 Å². The van der Waals surface area contributed by atoms with Crippen molar-refractivity contribution >= 4 is 5.91 Å². The monoisotopic (exact) mass is 289 g/mol. The Kier molecular flexibility index (Phi) is 6.93. The van der Waals surface area contributed by atoms with Crippen LogP contribution >= 0.6 is 0 Å². The molecule has 0 saturated heterocycles. The van der Waals surface area contributed by atoms with Crippen LogP contribution in [0.2, 0.25) is 0 Å². The maximum absolute atomic E-state index is 12.8. The third-order valence-corrected chi connectivity index (χ3v) is 3.13. The van der Waals surface area contributed by atoms with Gasteiger partial charge in [-0.3, -0.25) is 4.79 Å². The van der Waals surface area contributed by atoms with Gasteiger partial charge in [0.2, 0.25) is 0 Å². The highest BCUT2D eigenvalue weighted by Gasteiger charge is 2.20. The highest BCUT2D eigenvalue weighted by atomic mass is 16.5. The standard InChI is InChI=1S/C17H23NO3/c1-13(2)18(9-11-21-4)17(20)16-12-14(3)7-8-15(16)6-5-10-19/h7-8,12-13,19H,9-11H2,1-4H3. The molecule has 0 heterocycles. The van der Waals surface area contributed by atoms with Gasteiger partial charge in [0.25, 0.3) is 5.91 Å². The Balaban J connectivity index is 3.16. The fourth-order valence-electron chi connectivity index (χ4n) is 2.02. The van der Waals surface area contributed by atoms with Crippen molar-refractivity contribution in [3.63, 3.8) is 0 Å². The molecule has 0 radical (unpaired) electrons. The highest BCUT2D eigenvalue weighted by Crippen LogP contribution is 2.15. The van der Waals surface area contributed by atoms with E-state index < -0.39 is 0 Å². The number of benzene rings is 1. The van der Waals surface area contributed by atoms with Crippen LogP contribution in [0, 0.1) is 18.8 Å². The fourth-order valence-corrected chi connectivity index (χ4v) is 2.02. The number of aliphatic hydroxyl groups excluding tert-OH is 1. The minimum Gasteiger partial charge on any atom is -0.384 e. The van der Waals surface area contributed by atoms with Crippen LogP contribution in [-0.2, 0) is 4.74 Å². The Hall–Kier alpha value is -1.83. The molecule has 1 aromatic carbocycles. The van der Waals surface area contributed by atoms with Gasteiger partial charge in [-0.1, -0.05) is 23.5 Å². The molecule has 0 aromatic heterocycles. The van der Waals surface area contributed by atoms with Crippen molar-refractivity contribution in [2.45, 2.75) is 26.8 Å². The second-order valence-electron chi connectivity index (χ2n) is 5.09. The predicted molar refractivity (Wildman–Crippen MR) is 83.2 cm³/mol. The molecule has 21 heavy (non-hydrogen) atoms. The van der Waals surface area contributed by atoms with Gasteiger partial charge in [0.15, 0.2) is 0 Å². The summed E-state index contributed by atoms with van der Waals surface area (Å²) in [4.78, 5) is 14.5. The first-order chi connectivity index (χ1) is 10.0. The molecule has 0 unspecified atom stereocenters. The summed E-state index contributed by atoms with van der Waals surface area (Å²) in [5.74, 6) is 5.38. The van der Waals surface area contributed by atoms with E-state index in [0.717, 1.165) is 5.56 Å². The van der Waals surface area contributed by atoms with Gasteiger partial charge in [0.1, 0.15) is 6.61 Å². The summed E-state index contributed by atoms with van der Waals surface area (Å²) >= 11 is 0.